The Balaban J connectivity index is 2.15. The SMILES string of the molecule is Cc1nnsc1C(Cc1cn(C)nn1)NN. The Bertz CT molecular complexity index is 462. The van der Waals surface area contributed by atoms with Gasteiger partial charge in [0.2, 0.25) is 0 Å². The molecule has 2 aromatic rings. The Kier molecular flexibility index (Phi) is 3.22. The number of nitrogens with one attached hydrogen (secondary N) is 1. The van der Waals surface area contributed by atoms with Gasteiger partial charge in [0.25, 0.3) is 0 Å². The first-order valence-electron chi connectivity index (χ1n) is 4.81. The molecule has 2 heterocycles. The summed E-state index contributed by atoms with van der Waals surface area (Å²) in [6.45, 7) is 1.92. The highest BCUT2D eigenvalue weighted by molar-refractivity contribution is 7.05. The maximum absolute atomic E-state index is 5.53. The minimum absolute atomic E-state index is 0.0169. The maximum atomic E-state index is 5.53. The normalized spacial score (nSPS) is 12.9. The molecule has 0 spiro atoms. The minimum atomic E-state index is -0.0169. The first-order valence-corrected chi connectivity index (χ1v) is 5.58. The molecule has 0 amide bonds. The standard InChI is InChI=1S/C8H13N7S/c1-5-8(16-14-11-5)7(10-9)3-6-4-15(2)13-12-6/h4,7,10H,3,9H2,1-2H3. The van der Waals surface area contributed by atoms with E-state index in [9.17, 15) is 0 Å². The fourth-order valence-corrected chi connectivity index (χ4v) is 2.18. The third-order valence-corrected chi connectivity index (χ3v) is 3.21. The lowest BCUT2D eigenvalue weighted by Crippen LogP contribution is -2.29. The van der Waals surface area contributed by atoms with Crippen LogP contribution in [0.4, 0.5) is 0 Å². The number of aromatic nitrogens is 5. The summed E-state index contributed by atoms with van der Waals surface area (Å²) in [5, 5.41) is 11.9. The molecule has 1 atom stereocenters. The van der Waals surface area contributed by atoms with E-state index in [-0.39, 0.29) is 6.04 Å². The van der Waals surface area contributed by atoms with Gasteiger partial charge >= 0.3 is 0 Å². The maximum Gasteiger partial charge on any atom is 0.0846 e. The molecule has 0 aliphatic heterocycles. The van der Waals surface area contributed by atoms with Gasteiger partial charge in [-0.15, -0.1) is 10.2 Å². The number of rotatable bonds is 4. The summed E-state index contributed by atoms with van der Waals surface area (Å²) in [5.41, 5.74) is 4.54. The molecule has 0 radical (unpaired) electrons. The van der Waals surface area contributed by atoms with Gasteiger partial charge < -0.3 is 0 Å². The van der Waals surface area contributed by atoms with E-state index in [2.05, 4.69) is 25.3 Å². The minimum Gasteiger partial charge on any atom is -0.271 e. The molecule has 2 aromatic heterocycles. The van der Waals surface area contributed by atoms with Crippen LogP contribution in [0.15, 0.2) is 6.20 Å². The fourth-order valence-electron chi connectivity index (χ4n) is 1.48. The van der Waals surface area contributed by atoms with Gasteiger partial charge in [0.1, 0.15) is 0 Å². The third kappa shape index (κ3) is 2.23. The molecule has 8 heteroatoms. The van der Waals surface area contributed by atoms with Crippen LogP contribution in [0.2, 0.25) is 0 Å². The summed E-state index contributed by atoms with van der Waals surface area (Å²) < 4.78 is 5.56. The zero-order valence-electron chi connectivity index (χ0n) is 9.08. The first-order chi connectivity index (χ1) is 7.70. The van der Waals surface area contributed by atoms with E-state index >= 15 is 0 Å². The van der Waals surface area contributed by atoms with Gasteiger partial charge in [-0.2, -0.15) is 0 Å². The van der Waals surface area contributed by atoms with Crippen molar-refractivity contribution < 1.29 is 0 Å². The highest BCUT2D eigenvalue weighted by Crippen LogP contribution is 2.21. The third-order valence-electron chi connectivity index (χ3n) is 2.27. The lowest BCUT2D eigenvalue weighted by molar-refractivity contribution is 0.550. The van der Waals surface area contributed by atoms with Crippen molar-refractivity contribution in [2.45, 2.75) is 19.4 Å². The number of nitrogens with two attached hydrogens (primary N) is 1. The van der Waals surface area contributed by atoms with E-state index in [4.69, 9.17) is 5.84 Å². The van der Waals surface area contributed by atoms with Crippen LogP contribution in [-0.4, -0.2) is 24.6 Å². The van der Waals surface area contributed by atoms with E-state index in [1.807, 2.05) is 20.2 Å². The molecule has 0 saturated carbocycles. The molecule has 0 aromatic carbocycles. The second kappa shape index (κ2) is 4.64. The zero-order chi connectivity index (χ0) is 11.5. The lowest BCUT2D eigenvalue weighted by Gasteiger charge is -2.11. The number of hydrazine groups is 1. The Morgan fingerprint density at radius 2 is 2.38 bits per heavy atom. The van der Waals surface area contributed by atoms with Crippen LogP contribution in [0.3, 0.4) is 0 Å². The number of hydrogen-bond donors (Lipinski definition) is 2. The van der Waals surface area contributed by atoms with Crippen LogP contribution in [0.1, 0.15) is 22.3 Å². The van der Waals surface area contributed by atoms with Gasteiger partial charge in [0.05, 0.1) is 22.3 Å². The molecule has 2 rings (SSSR count). The molecule has 1 unspecified atom stereocenters. The van der Waals surface area contributed by atoms with Gasteiger partial charge in [-0.3, -0.25) is 16.0 Å². The molecule has 3 N–H and O–H groups in total. The van der Waals surface area contributed by atoms with Crippen molar-refractivity contribution in [2.75, 3.05) is 0 Å². The molecule has 86 valence electrons. The lowest BCUT2D eigenvalue weighted by atomic mass is 10.1. The topological polar surface area (TPSA) is 94.5 Å². The van der Waals surface area contributed by atoms with Crippen LogP contribution < -0.4 is 11.3 Å². The van der Waals surface area contributed by atoms with Crippen molar-refractivity contribution in [3.63, 3.8) is 0 Å². The predicted octanol–water partition coefficient (Wildman–Crippen LogP) is -0.278. The average molecular weight is 239 g/mol. The highest BCUT2D eigenvalue weighted by Gasteiger charge is 2.17. The molecule has 0 aliphatic carbocycles. The predicted molar refractivity (Wildman–Crippen MR) is 59.4 cm³/mol. The Morgan fingerprint density at radius 1 is 1.56 bits per heavy atom. The van der Waals surface area contributed by atoms with Gasteiger partial charge in [-0.05, 0) is 18.5 Å². The molecule has 16 heavy (non-hydrogen) atoms. The number of nitrogens with zero attached hydrogens (tertiary/aromatic N) is 5. The molecule has 0 saturated heterocycles. The van der Waals surface area contributed by atoms with E-state index in [0.717, 1.165) is 16.3 Å². The molecular weight excluding hydrogens is 226 g/mol. The molecule has 0 aliphatic rings. The van der Waals surface area contributed by atoms with E-state index in [1.54, 1.807) is 4.68 Å². The summed E-state index contributed by atoms with van der Waals surface area (Å²) in [5.74, 6) is 5.53. The van der Waals surface area contributed by atoms with E-state index in [1.165, 1.54) is 11.5 Å². The van der Waals surface area contributed by atoms with Crippen LogP contribution in [0.5, 0.6) is 0 Å². The Hall–Kier alpha value is -1.38. The van der Waals surface area contributed by atoms with Crippen molar-refractivity contribution in [3.8, 4) is 0 Å². The van der Waals surface area contributed by atoms with Crippen molar-refractivity contribution in [2.24, 2.45) is 12.9 Å². The van der Waals surface area contributed by atoms with E-state index in [0.29, 0.717) is 6.42 Å². The van der Waals surface area contributed by atoms with E-state index < -0.39 is 0 Å². The Labute approximate surface area is 96.8 Å². The van der Waals surface area contributed by atoms with Crippen LogP contribution in [0.25, 0.3) is 0 Å². The molecule has 0 fully saturated rings. The van der Waals surface area contributed by atoms with Gasteiger partial charge in [0, 0.05) is 19.7 Å². The molecule has 7 nitrogen and oxygen atoms in total. The van der Waals surface area contributed by atoms with Crippen molar-refractivity contribution in [3.05, 3.63) is 22.5 Å². The zero-order valence-corrected chi connectivity index (χ0v) is 9.90. The second-order valence-electron chi connectivity index (χ2n) is 3.53. The van der Waals surface area contributed by atoms with Gasteiger partial charge in [0.15, 0.2) is 0 Å². The Morgan fingerprint density at radius 3 is 2.88 bits per heavy atom. The molecule has 0 bridgehead atoms. The van der Waals surface area contributed by atoms with Gasteiger partial charge in [-0.1, -0.05) is 9.70 Å². The summed E-state index contributed by atoms with van der Waals surface area (Å²) in [7, 11) is 1.83. The summed E-state index contributed by atoms with van der Waals surface area (Å²) in [6, 6.07) is -0.0169. The van der Waals surface area contributed by atoms with Crippen molar-refractivity contribution >= 4 is 11.5 Å². The summed E-state index contributed by atoms with van der Waals surface area (Å²) >= 11 is 1.35. The summed E-state index contributed by atoms with van der Waals surface area (Å²) in [6.07, 6.45) is 2.54. The number of hydrogen-bond acceptors (Lipinski definition) is 7. The second-order valence-corrected chi connectivity index (χ2v) is 4.32. The quantitative estimate of drug-likeness (QED) is 0.563. The fraction of sp³-hybridized carbons (Fsp3) is 0.500. The van der Waals surface area contributed by atoms with Crippen molar-refractivity contribution in [1.82, 2.24) is 30.0 Å². The van der Waals surface area contributed by atoms with Gasteiger partial charge in [-0.25, -0.2) is 0 Å². The van der Waals surface area contributed by atoms with Crippen LogP contribution >= 0.6 is 11.5 Å². The smallest absolute Gasteiger partial charge is 0.0846 e. The first kappa shape index (κ1) is 11.1. The van der Waals surface area contributed by atoms with Crippen LogP contribution in [-0.2, 0) is 13.5 Å². The summed E-state index contributed by atoms with van der Waals surface area (Å²) in [4.78, 5) is 1.04. The average Bonchev–Trinajstić information content (AvgIpc) is 2.84. The monoisotopic (exact) mass is 239 g/mol. The molecular formula is C8H13N7S. The number of aryl methyl sites for hydroxylation is 2. The largest absolute Gasteiger partial charge is 0.271 e. The van der Waals surface area contributed by atoms with Crippen molar-refractivity contribution in [1.29, 1.82) is 0 Å². The van der Waals surface area contributed by atoms with Crippen LogP contribution in [0, 0.1) is 6.92 Å². The highest BCUT2D eigenvalue weighted by atomic mass is 32.1.